The highest BCUT2D eigenvalue weighted by Crippen LogP contribution is 2.29. The Balaban J connectivity index is 1.31. The molecule has 1 amide bonds. The largest absolute Gasteiger partial charge is 0.378 e. The Morgan fingerprint density at radius 3 is 2.58 bits per heavy atom. The Hall–Kier alpha value is -2.72. The molecule has 1 fully saturated rings. The van der Waals surface area contributed by atoms with Crippen molar-refractivity contribution in [3.8, 4) is 0 Å². The number of nitrogens with zero attached hydrogens (tertiary/aromatic N) is 1. The molecule has 0 bridgehead atoms. The molecule has 0 saturated heterocycles. The van der Waals surface area contributed by atoms with Crippen LogP contribution in [0.25, 0.3) is 0 Å². The van der Waals surface area contributed by atoms with Crippen LogP contribution in [-0.2, 0) is 14.8 Å². The second kappa shape index (κ2) is 9.64. The van der Waals surface area contributed by atoms with Crippen LogP contribution >= 0.6 is 0 Å². The SMILES string of the molecule is C[C@@H]1CNc2ncc(S(=O)(=O)N[C@H]3CC[C@H](C(=O)N[C@H](C)c4ccc(F)cc4)CC3)cc2N1. The van der Waals surface area contributed by atoms with E-state index in [1.165, 1.54) is 18.3 Å². The number of benzene rings is 1. The van der Waals surface area contributed by atoms with E-state index in [1.54, 1.807) is 18.2 Å². The lowest BCUT2D eigenvalue weighted by Gasteiger charge is -2.29. The van der Waals surface area contributed by atoms with E-state index in [9.17, 15) is 17.6 Å². The van der Waals surface area contributed by atoms with Crippen LogP contribution in [0.1, 0.15) is 51.1 Å². The number of hydrogen-bond acceptors (Lipinski definition) is 6. The molecule has 0 spiro atoms. The molecular weight excluding hydrogens is 445 g/mol. The zero-order valence-electron chi connectivity index (χ0n) is 18.8. The monoisotopic (exact) mass is 475 g/mol. The summed E-state index contributed by atoms with van der Waals surface area (Å²) in [4.78, 5) is 17.0. The van der Waals surface area contributed by atoms with Gasteiger partial charge in [0.1, 0.15) is 16.5 Å². The molecule has 33 heavy (non-hydrogen) atoms. The maximum absolute atomic E-state index is 13.1. The molecule has 2 heterocycles. The fourth-order valence-electron chi connectivity index (χ4n) is 4.34. The number of sulfonamides is 1. The summed E-state index contributed by atoms with van der Waals surface area (Å²) in [5, 5.41) is 9.40. The van der Waals surface area contributed by atoms with Crippen LogP contribution in [0.3, 0.4) is 0 Å². The minimum atomic E-state index is -3.72. The van der Waals surface area contributed by atoms with Crippen molar-refractivity contribution < 1.29 is 17.6 Å². The van der Waals surface area contributed by atoms with Crippen molar-refractivity contribution in [3.63, 3.8) is 0 Å². The summed E-state index contributed by atoms with van der Waals surface area (Å²) in [6, 6.07) is 7.40. The molecule has 1 aliphatic carbocycles. The average Bonchev–Trinajstić information content (AvgIpc) is 2.79. The molecule has 2 aliphatic rings. The lowest BCUT2D eigenvalue weighted by atomic mass is 9.85. The first-order chi connectivity index (χ1) is 15.7. The van der Waals surface area contributed by atoms with Gasteiger partial charge in [-0.25, -0.2) is 22.5 Å². The maximum Gasteiger partial charge on any atom is 0.242 e. The molecular formula is C23H30FN5O3S. The summed E-state index contributed by atoms with van der Waals surface area (Å²) >= 11 is 0. The van der Waals surface area contributed by atoms with Gasteiger partial charge in [-0.15, -0.1) is 0 Å². The number of aromatic nitrogens is 1. The topological polar surface area (TPSA) is 112 Å². The van der Waals surface area contributed by atoms with Crippen molar-refractivity contribution in [2.75, 3.05) is 17.2 Å². The van der Waals surface area contributed by atoms with Crippen LogP contribution in [0.15, 0.2) is 41.4 Å². The van der Waals surface area contributed by atoms with Gasteiger partial charge in [0.15, 0.2) is 0 Å². The molecule has 0 unspecified atom stereocenters. The summed E-state index contributed by atoms with van der Waals surface area (Å²) in [6.07, 6.45) is 3.72. The number of halogens is 1. The fourth-order valence-corrected chi connectivity index (χ4v) is 5.61. The van der Waals surface area contributed by atoms with Crippen LogP contribution < -0.4 is 20.7 Å². The van der Waals surface area contributed by atoms with E-state index >= 15 is 0 Å². The minimum Gasteiger partial charge on any atom is -0.378 e. The second-order valence-electron chi connectivity index (χ2n) is 8.95. The van der Waals surface area contributed by atoms with E-state index in [0.29, 0.717) is 37.2 Å². The zero-order valence-corrected chi connectivity index (χ0v) is 19.6. The van der Waals surface area contributed by atoms with E-state index in [4.69, 9.17) is 0 Å². The van der Waals surface area contributed by atoms with Crippen molar-refractivity contribution in [3.05, 3.63) is 47.9 Å². The summed E-state index contributed by atoms with van der Waals surface area (Å²) < 4.78 is 41.7. The summed E-state index contributed by atoms with van der Waals surface area (Å²) in [5.74, 6) is 0.107. The van der Waals surface area contributed by atoms with E-state index in [-0.39, 0.29) is 40.7 Å². The Kier molecular flexibility index (Phi) is 6.85. The first-order valence-electron chi connectivity index (χ1n) is 11.3. The fraction of sp³-hybridized carbons (Fsp3) is 0.478. The van der Waals surface area contributed by atoms with E-state index < -0.39 is 10.0 Å². The van der Waals surface area contributed by atoms with Gasteiger partial charge in [-0.3, -0.25) is 4.79 Å². The first-order valence-corrected chi connectivity index (χ1v) is 12.8. The Bertz CT molecular complexity index is 1100. The lowest BCUT2D eigenvalue weighted by molar-refractivity contribution is -0.126. The standard InChI is InChI=1S/C23H30FN5O3S/c1-14-12-25-22-21(27-14)11-20(13-26-22)33(31,32)29-19-9-5-17(6-10-19)23(30)28-15(2)16-3-7-18(24)8-4-16/h3-4,7-8,11,13-15,17,19,27,29H,5-6,9-10,12H2,1-2H3,(H,25,26)(H,28,30)/t14-,15-,17-,19-/m1/s1. The molecule has 1 aliphatic heterocycles. The van der Waals surface area contributed by atoms with Crippen LogP contribution in [-0.4, -0.2) is 37.9 Å². The quantitative estimate of drug-likeness (QED) is 0.511. The molecule has 8 nitrogen and oxygen atoms in total. The highest BCUT2D eigenvalue weighted by molar-refractivity contribution is 7.89. The number of anilines is 2. The first kappa shape index (κ1) is 23.4. The molecule has 178 valence electrons. The predicted molar refractivity (Wildman–Crippen MR) is 125 cm³/mol. The Labute approximate surface area is 193 Å². The van der Waals surface area contributed by atoms with Gasteiger partial charge in [-0.1, -0.05) is 12.1 Å². The average molecular weight is 476 g/mol. The van der Waals surface area contributed by atoms with Gasteiger partial charge in [0.05, 0.1) is 11.7 Å². The zero-order chi connectivity index (χ0) is 23.6. The number of amides is 1. The lowest BCUT2D eigenvalue weighted by Crippen LogP contribution is -2.41. The third-order valence-electron chi connectivity index (χ3n) is 6.30. The van der Waals surface area contributed by atoms with Gasteiger partial charge < -0.3 is 16.0 Å². The molecule has 4 rings (SSSR count). The number of rotatable bonds is 6. The molecule has 1 aromatic carbocycles. The number of pyridine rings is 1. The normalized spacial score (nSPS) is 23.5. The van der Waals surface area contributed by atoms with Crippen molar-refractivity contribution in [2.45, 2.75) is 62.6 Å². The van der Waals surface area contributed by atoms with Gasteiger partial charge in [0.25, 0.3) is 0 Å². The van der Waals surface area contributed by atoms with Crippen molar-refractivity contribution in [1.82, 2.24) is 15.0 Å². The molecule has 0 radical (unpaired) electrons. The molecule has 4 N–H and O–H groups in total. The van der Waals surface area contributed by atoms with Gasteiger partial charge in [-0.2, -0.15) is 0 Å². The Morgan fingerprint density at radius 1 is 1.18 bits per heavy atom. The summed E-state index contributed by atoms with van der Waals surface area (Å²) in [7, 11) is -3.72. The van der Waals surface area contributed by atoms with E-state index in [1.807, 2.05) is 13.8 Å². The molecule has 1 aromatic heterocycles. The van der Waals surface area contributed by atoms with Crippen LogP contribution in [0, 0.1) is 11.7 Å². The van der Waals surface area contributed by atoms with Crippen LogP contribution in [0.2, 0.25) is 0 Å². The maximum atomic E-state index is 13.1. The van der Waals surface area contributed by atoms with Crippen molar-refractivity contribution >= 4 is 27.4 Å². The smallest absolute Gasteiger partial charge is 0.242 e. The van der Waals surface area contributed by atoms with Crippen LogP contribution in [0.5, 0.6) is 0 Å². The number of nitrogens with one attached hydrogen (secondary N) is 4. The van der Waals surface area contributed by atoms with Gasteiger partial charge in [0, 0.05) is 30.7 Å². The van der Waals surface area contributed by atoms with Crippen molar-refractivity contribution in [2.24, 2.45) is 5.92 Å². The number of carbonyl (C=O) groups is 1. The molecule has 10 heteroatoms. The highest BCUT2D eigenvalue weighted by Gasteiger charge is 2.30. The highest BCUT2D eigenvalue weighted by atomic mass is 32.2. The number of hydrogen-bond donors (Lipinski definition) is 4. The molecule has 1 saturated carbocycles. The third kappa shape index (κ3) is 5.62. The predicted octanol–water partition coefficient (Wildman–Crippen LogP) is 3.16. The van der Waals surface area contributed by atoms with Gasteiger partial charge in [0.2, 0.25) is 15.9 Å². The van der Waals surface area contributed by atoms with Gasteiger partial charge >= 0.3 is 0 Å². The second-order valence-corrected chi connectivity index (χ2v) is 10.7. The molecule has 2 atom stereocenters. The van der Waals surface area contributed by atoms with Crippen LogP contribution in [0.4, 0.5) is 15.9 Å². The summed E-state index contributed by atoms with van der Waals surface area (Å²) in [6.45, 7) is 4.59. The third-order valence-corrected chi connectivity index (χ3v) is 7.79. The Morgan fingerprint density at radius 2 is 1.88 bits per heavy atom. The number of fused-ring (bicyclic) bond motifs is 1. The van der Waals surface area contributed by atoms with Gasteiger partial charge in [-0.05, 0) is 63.3 Å². The van der Waals surface area contributed by atoms with Crippen molar-refractivity contribution in [1.29, 1.82) is 0 Å². The van der Waals surface area contributed by atoms with E-state index in [0.717, 1.165) is 12.1 Å². The summed E-state index contributed by atoms with van der Waals surface area (Å²) in [5.41, 5.74) is 1.51. The number of carbonyl (C=O) groups excluding carboxylic acids is 1. The van der Waals surface area contributed by atoms with E-state index in [2.05, 4.69) is 25.7 Å². The molecule has 2 aromatic rings. The minimum absolute atomic E-state index is 0.0558.